The molecule has 1 aromatic heterocycles. The van der Waals surface area contributed by atoms with E-state index in [-0.39, 0.29) is 6.54 Å². The molecule has 1 N–H and O–H groups in total. The van der Waals surface area contributed by atoms with E-state index in [4.69, 9.17) is 5.11 Å². The Morgan fingerprint density at radius 2 is 2.41 bits per heavy atom. The maximum absolute atomic E-state index is 10.7. The van der Waals surface area contributed by atoms with Gasteiger partial charge < -0.3 is 5.11 Å². The van der Waals surface area contributed by atoms with Crippen LogP contribution in [0.2, 0.25) is 0 Å². The van der Waals surface area contributed by atoms with Crippen molar-refractivity contribution < 1.29 is 9.90 Å². The number of hydrogen-bond donors (Lipinski definition) is 1. The fourth-order valence-electron chi connectivity index (χ4n) is 1.56. The van der Waals surface area contributed by atoms with Crippen molar-refractivity contribution in [2.24, 2.45) is 0 Å². The average molecular weight is 237 g/mol. The molecule has 0 aromatic carbocycles. The summed E-state index contributed by atoms with van der Waals surface area (Å²) >= 11 is 0. The van der Waals surface area contributed by atoms with Gasteiger partial charge in [-0.1, -0.05) is 6.08 Å². The third-order valence-electron chi connectivity index (χ3n) is 2.34. The Bertz CT molecular complexity index is 385. The molecule has 0 spiro atoms. The van der Waals surface area contributed by atoms with E-state index in [2.05, 4.69) is 25.5 Å². The lowest BCUT2D eigenvalue weighted by molar-refractivity contribution is -0.138. The Balaban J connectivity index is 2.64. The van der Waals surface area contributed by atoms with Crippen LogP contribution in [0.3, 0.4) is 0 Å². The number of hydrogen-bond acceptors (Lipinski definition) is 3. The van der Waals surface area contributed by atoms with Crippen LogP contribution in [0.5, 0.6) is 0 Å². The van der Waals surface area contributed by atoms with Crippen LogP contribution >= 0.6 is 0 Å². The van der Waals surface area contributed by atoms with Crippen molar-refractivity contribution in [1.29, 1.82) is 0 Å². The Hall–Kier alpha value is -1.62. The first-order valence-corrected chi connectivity index (χ1v) is 5.61. The lowest BCUT2D eigenvalue weighted by Crippen LogP contribution is -2.29. The molecule has 0 atom stereocenters. The summed E-state index contributed by atoms with van der Waals surface area (Å²) in [6.45, 7) is 8.87. The maximum atomic E-state index is 10.7. The van der Waals surface area contributed by atoms with E-state index < -0.39 is 5.97 Å². The third-order valence-corrected chi connectivity index (χ3v) is 2.34. The molecule has 0 aliphatic heterocycles. The number of rotatable bonds is 7. The van der Waals surface area contributed by atoms with E-state index in [1.165, 1.54) is 0 Å². The first-order valence-electron chi connectivity index (χ1n) is 5.61. The van der Waals surface area contributed by atoms with Crippen LogP contribution in [0.25, 0.3) is 0 Å². The van der Waals surface area contributed by atoms with Gasteiger partial charge in [0.05, 0.1) is 12.7 Å². The molecule has 0 saturated heterocycles. The second-order valence-corrected chi connectivity index (χ2v) is 4.27. The lowest BCUT2D eigenvalue weighted by atomic mass is 10.3. The van der Waals surface area contributed by atoms with Crippen molar-refractivity contribution in [2.45, 2.75) is 26.4 Å². The van der Waals surface area contributed by atoms with Crippen LogP contribution in [-0.2, 0) is 11.3 Å². The second-order valence-electron chi connectivity index (χ2n) is 4.27. The molecule has 1 aromatic rings. The summed E-state index contributed by atoms with van der Waals surface area (Å²) in [7, 11) is 0. The normalized spacial score (nSPS) is 11.1. The summed E-state index contributed by atoms with van der Waals surface area (Å²) in [4.78, 5) is 12.5. The molecule has 17 heavy (non-hydrogen) atoms. The Morgan fingerprint density at radius 1 is 1.71 bits per heavy atom. The molecule has 5 nitrogen and oxygen atoms in total. The minimum atomic E-state index is -0.830. The summed E-state index contributed by atoms with van der Waals surface area (Å²) in [5, 5.41) is 13.0. The zero-order valence-corrected chi connectivity index (χ0v) is 10.3. The van der Waals surface area contributed by atoms with E-state index in [1.807, 2.05) is 10.9 Å². The molecule has 0 fully saturated rings. The fourth-order valence-corrected chi connectivity index (χ4v) is 1.56. The summed E-state index contributed by atoms with van der Waals surface area (Å²) in [6.07, 6.45) is 5.43. The molecular formula is C12H19N3O2. The monoisotopic (exact) mass is 237 g/mol. The number of nitrogens with zero attached hydrogens (tertiary/aromatic N) is 3. The highest BCUT2D eigenvalue weighted by Gasteiger charge is 2.10. The highest BCUT2D eigenvalue weighted by molar-refractivity contribution is 5.69. The minimum absolute atomic E-state index is 0.0128. The molecule has 1 heterocycles. The second kappa shape index (κ2) is 6.20. The van der Waals surface area contributed by atoms with Crippen LogP contribution in [0.1, 0.15) is 25.5 Å². The van der Waals surface area contributed by atoms with Gasteiger partial charge in [-0.05, 0) is 13.8 Å². The van der Waals surface area contributed by atoms with Crippen LogP contribution in [0.4, 0.5) is 0 Å². The lowest BCUT2D eigenvalue weighted by Gasteiger charge is -2.16. The van der Waals surface area contributed by atoms with Crippen molar-refractivity contribution in [1.82, 2.24) is 14.7 Å². The summed E-state index contributed by atoms with van der Waals surface area (Å²) in [5.41, 5.74) is 1.02. The van der Waals surface area contributed by atoms with E-state index in [1.54, 1.807) is 17.2 Å². The van der Waals surface area contributed by atoms with Crippen molar-refractivity contribution in [3.63, 3.8) is 0 Å². The van der Waals surface area contributed by atoms with Gasteiger partial charge in [0, 0.05) is 30.9 Å². The third kappa shape index (κ3) is 4.40. The Kier molecular flexibility index (Phi) is 4.90. The van der Waals surface area contributed by atoms with E-state index >= 15 is 0 Å². The van der Waals surface area contributed by atoms with Crippen LogP contribution in [0.15, 0.2) is 25.0 Å². The van der Waals surface area contributed by atoms with Gasteiger partial charge >= 0.3 is 5.97 Å². The van der Waals surface area contributed by atoms with E-state index in [0.29, 0.717) is 19.1 Å². The number of aromatic nitrogens is 2. The van der Waals surface area contributed by atoms with Gasteiger partial charge in [0.1, 0.15) is 0 Å². The van der Waals surface area contributed by atoms with Crippen molar-refractivity contribution >= 4 is 5.97 Å². The SMILES string of the molecule is C=CCN(CC(=O)O)Cc1cnn(C(C)C)c1. The molecule has 94 valence electrons. The molecule has 0 amide bonds. The average Bonchev–Trinajstić information content (AvgIpc) is 2.65. The van der Waals surface area contributed by atoms with E-state index in [0.717, 1.165) is 5.56 Å². The van der Waals surface area contributed by atoms with Gasteiger partial charge in [-0.2, -0.15) is 5.10 Å². The summed E-state index contributed by atoms with van der Waals surface area (Å²) < 4.78 is 1.86. The highest BCUT2D eigenvalue weighted by Crippen LogP contribution is 2.08. The first kappa shape index (κ1) is 13.4. The first-order chi connectivity index (χ1) is 8.02. The number of carbonyl (C=O) groups is 1. The Morgan fingerprint density at radius 3 is 2.88 bits per heavy atom. The highest BCUT2D eigenvalue weighted by atomic mass is 16.4. The molecule has 0 bridgehead atoms. The van der Waals surface area contributed by atoms with E-state index in [9.17, 15) is 4.79 Å². The minimum Gasteiger partial charge on any atom is -0.480 e. The van der Waals surface area contributed by atoms with Crippen molar-refractivity contribution in [3.05, 3.63) is 30.6 Å². The molecule has 5 heteroatoms. The molecule has 1 rings (SSSR count). The topological polar surface area (TPSA) is 58.4 Å². The summed E-state index contributed by atoms with van der Waals surface area (Å²) in [6, 6.07) is 0.316. The van der Waals surface area contributed by atoms with Crippen LogP contribution in [0, 0.1) is 0 Å². The number of aliphatic carboxylic acids is 1. The van der Waals surface area contributed by atoms with Gasteiger partial charge in [0.15, 0.2) is 0 Å². The summed E-state index contributed by atoms with van der Waals surface area (Å²) in [5.74, 6) is -0.830. The van der Waals surface area contributed by atoms with Gasteiger partial charge in [0.25, 0.3) is 0 Å². The zero-order valence-electron chi connectivity index (χ0n) is 10.3. The molecule has 0 aliphatic carbocycles. The number of carboxylic acid groups (broad SMARTS) is 1. The van der Waals surface area contributed by atoms with Crippen LogP contribution in [-0.4, -0.2) is 38.8 Å². The Labute approximate surface area is 101 Å². The van der Waals surface area contributed by atoms with Gasteiger partial charge in [-0.15, -0.1) is 6.58 Å². The predicted molar refractivity (Wildman–Crippen MR) is 65.7 cm³/mol. The number of carboxylic acids is 1. The largest absolute Gasteiger partial charge is 0.480 e. The van der Waals surface area contributed by atoms with Gasteiger partial charge in [-0.25, -0.2) is 0 Å². The van der Waals surface area contributed by atoms with Crippen molar-refractivity contribution in [2.75, 3.05) is 13.1 Å². The molecule has 0 unspecified atom stereocenters. The molecule has 0 aliphatic rings. The maximum Gasteiger partial charge on any atom is 0.317 e. The van der Waals surface area contributed by atoms with Gasteiger partial charge in [0.2, 0.25) is 0 Å². The fraction of sp³-hybridized carbons (Fsp3) is 0.500. The molecular weight excluding hydrogens is 218 g/mol. The van der Waals surface area contributed by atoms with Gasteiger partial charge in [-0.3, -0.25) is 14.4 Å². The zero-order chi connectivity index (χ0) is 12.8. The molecule has 0 saturated carbocycles. The van der Waals surface area contributed by atoms with Crippen LogP contribution < -0.4 is 0 Å². The van der Waals surface area contributed by atoms with Crippen molar-refractivity contribution in [3.8, 4) is 0 Å². The smallest absolute Gasteiger partial charge is 0.317 e. The standard InChI is InChI=1S/C12H19N3O2/c1-4-5-14(9-12(16)17)7-11-6-13-15(8-11)10(2)3/h4,6,8,10H,1,5,7,9H2,2-3H3,(H,16,17). The quantitative estimate of drug-likeness (QED) is 0.731. The predicted octanol–water partition coefficient (Wildman–Crippen LogP) is 1.54. The molecule has 0 radical (unpaired) electrons.